The molecule has 4 heteroatoms. The molecule has 1 aromatic rings. The maximum absolute atomic E-state index is 5.23. The highest BCUT2D eigenvalue weighted by atomic mass is 32.1. The predicted octanol–water partition coefficient (Wildman–Crippen LogP) is 2.14. The number of nitrogens with zero attached hydrogens (tertiary/aromatic N) is 1. The zero-order valence-corrected chi connectivity index (χ0v) is 10.4. The Kier molecular flexibility index (Phi) is 3.09. The van der Waals surface area contributed by atoms with Gasteiger partial charge in [-0.1, -0.05) is 6.92 Å². The molecule has 1 aromatic heterocycles. The Labute approximate surface area is 94.9 Å². The Morgan fingerprint density at radius 3 is 2.87 bits per heavy atom. The van der Waals surface area contributed by atoms with Gasteiger partial charge < -0.3 is 10.1 Å². The van der Waals surface area contributed by atoms with E-state index in [-0.39, 0.29) is 0 Å². The molecule has 0 amide bonds. The molecular weight excluding hydrogens is 208 g/mol. The molecule has 0 aliphatic carbocycles. The highest BCUT2D eigenvalue weighted by molar-refractivity contribution is 7.11. The quantitative estimate of drug-likeness (QED) is 0.854. The van der Waals surface area contributed by atoms with Gasteiger partial charge in [0.15, 0.2) is 0 Å². The van der Waals surface area contributed by atoms with Crippen LogP contribution in [0.4, 0.5) is 0 Å². The molecule has 15 heavy (non-hydrogen) atoms. The number of hydrogen-bond donors (Lipinski definition) is 1. The fourth-order valence-corrected chi connectivity index (χ4v) is 2.44. The summed E-state index contributed by atoms with van der Waals surface area (Å²) < 4.78 is 5.23. The van der Waals surface area contributed by atoms with E-state index in [0.717, 1.165) is 24.8 Å². The third-order valence-electron chi connectivity index (χ3n) is 2.80. The van der Waals surface area contributed by atoms with Crippen molar-refractivity contribution in [3.8, 4) is 0 Å². The lowest BCUT2D eigenvalue weighted by Crippen LogP contribution is -2.47. The third kappa shape index (κ3) is 2.56. The average Bonchev–Trinajstić information content (AvgIpc) is 2.58. The van der Waals surface area contributed by atoms with Crippen molar-refractivity contribution >= 4 is 11.3 Å². The minimum atomic E-state index is 0.341. The van der Waals surface area contributed by atoms with Crippen molar-refractivity contribution < 1.29 is 4.74 Å². The molecule has 0 saturated carbocycles. The summed E-state index contributed by atoms with van der Waals surface area (Å²) in [6.07, 6.45) is 1.97. The normalized spacial score (nSPS) is 21.0. The zero-order chi connectivity index (χ0) is 10.9. The summed E-state index contributed by atoms with van der Waals surface area (Å²) in [5.41, 5.74) is 0.341. The van der Waals surface area contributed by atoms with Crippen LogP contribution in [0.25, 0.3) is 0 Å². The Morgan fingerprint density at radius 2 is 2.40 bits per heavy atom. The summed E-state index contributed by atoms with van der Waals surface area (Å²) >= 11 is 1.77. The van der Waals surface area contributed by atoms with Crippen molar-refractivity contribution in [1.29, 1.82) is 0 Å². The molecule has 3 nitrogen and oxygen atoms in total. The summed E-state index contributed by atoms with van der Waals surface area (Å²) in [5.74, 6) is 0. The number of aryl methyl sites for hydroxylation is 1. The van der Waals surface area contributed by atoms with Gasteiger partial charge in [0, 0.05) is 29.1 Å². The zero-order valence-electron chi connectivity index (χ0n) is 9.54. The second-order valence-electron chi connectivity index (χ2n) is 4.69. The van der Waals surface area contributed by atoms with E-state index in [1.54, 1.807) is 11.3 Å². The molecule has 0 bridgehead atoms. The molecular formula is C11H18N2OS. The van der Waals surface area contributed by atoms with Crippen LogP contribution in [-0.4, -0.2) is 24.7 Å². The minimum Gasteiger partial charge on any atom is -0.380 e. The Balaban J connectivity index is 1.84. The van der Waals surface area contributed by atoms with Crippen LogP contribution in [0.15, 0.2) is 6.20 Å². The molecule has 1 aliphatic rings. The van der Waals surface area contributed by atoms with E-state index < -0.39 is 0 Å². The van der Waals surface area contributed by atoms with E-state index in [1.165, 1.54) is 4.88 Å². The number of rotatable bonds is 4. The maximum Gasteiger partial charge on any atom is 0.0897 e. The van der Waals surface area contributed by atoms with Gasteiger partial charge in [-0.2, -0.15) is 0 Å². The van der Waals surface area contributed by atoms with Crippen molar-refractivity contribution in [2.24, 2.45) is 5.41 Å². The van der Waals surface area contributed by atoms with Gasteiger partial charge >= 0.3 is 0 Å². The lowest BCUT2D eigenvalue weighted by molar-refractivity contribution is -0.0998. The standard InChI is InChI=1S/C11H18N2OS/c1-8(10-4-12-9(2)15-10)13-5-11(3)6-14-7-11/h4,8,13H,5-7H2,1-3H3. The monoisotopic (exact) mass is 226 g/mol. The third-order valence-corrected chi connectivity index (χ3v) is 3.90. The van der Waals surface area contributed by atoms with Crippen molar-refractivity contribution in [3.05, 3.63) is 16.1 Å². The second-order valence-corrected chi connectivity index (χ2v) is 5.95. The van der Waals surface area contributed by atoms with Crippen LogP contribution in [0.3, 0.4) is 0 Å². The van der Waals surface area contributed by atoms with Crippen molar-refractivity contribution in [2.45, 2.75) is 26.8 Å². The topological polar surface area (TPSA) is 34.2 Å². The first-order valence-corrected chi connectivity index (χ1v) is 6.14. The summed E-state index contributed by atoms with van der Waals surface area (Å²) in [6.45, 7) is 9.28. The SMILES string of the molecule is Cc1ncc(C(C)NCC2(C)COC2)s1. The summed E-state index contributed by atoms with van der Waals surface area (Å²) in [7, 11) is 0. The fourth-order valence-electron chi connectivity index (χ4n) is 1.63. The van der Waals surface area contributed by atoms with Crippen molar-refractivity contribution in [2.75, 3.05) is 19.8 Å². The molecule has 1 N–H and O–H groups in total. The first-order valence-electron chi connectivity index (χ1n) is 5.32. The Bertz CT molecular complexity index is 333. The predicted molar refractivity (Wildman–Crippen MR) is 62.2 cm³/mol. The summed E-state index contributed by atoms with van der Waals surface area (Å²) in [6, 6.07) is 0.397. The van der Waals surface area contributed by atoms with Crippen LogP contribution >= 0.6 is 11.3 Å². The molecule has 0 spiro atoms. The van der Waals surface area contributed by atoms with Gasteiger partial charge in [-0.15, -0.1) is 11.3 Å². The smallest absolute Gasteiger partial charge is 0.0897 e. The van der Waals surface area contributed by atoms with E-state index in [9.17, 15) is 0 Å². The number of ether oxygens (including phenoxy) is 1. The number of hydrogen-bond acceptors (Lipinski definition) is 4. The first-order chi connectivity index (χ1) is 7.09. The van der Waals surface area contributed by atoms with Gasteiger partial charge in [0.2, 0.25) is 0 Å². The molecule has 0 radical (unpaired) electrons. The van der Waals surface area contributed by atoms with Gasteiger partial charge in [0.25, 0.3) is 0 Å². The van der Waals surface area contributed by atoms with E-state index >= 15 is 0 Å². The lowest BCUT2D eigenvalue weighted by atomic mass is 9.88. The Hall–Kier alpha value is -0.450. The maximum atomic E-state index is 5.23. The van der Waals surface area contributed by atoms with Gasteiger partial charge in [-0.25, -0.2) is 4.98 Å². The van der Waals surface area contributed by atoms with Crippen LogP contribution in [0.5, 0.6) is 0 Å². The number of thiazole rings is 1. The molecule has 1 atom stereocenters. The molecule has 1 saturated heterocycles. The largest absolute Gasteiger partial charge is 0.380 e. The van der Waals surface area contributed by atoms with E-state index in [2.05, 4.69) is 24.1 Å². The number of nitrogens with one attached hydrogen (secondary N) is 1. The highest BCUT2D eigenvalue weighted by Crippen LogP contribution is 2.27. The Morgan fingerprint density at radius 1 is 1.67 bits per heavy atom. The minimum absolute atomic E-state index is 0.341. The molecule has 84 valence electrons. The summed E-state index contributed by atoms with van der Waals surface area (Å²) in [4.78, 5) is 5.59. The van der Waals surface area contributed by atoms with Crippen LogP contribution < -0.4 is 5.32 Å². The molecule has 1 unspecified atom stereocenters. The molecule has 2 rings (SSSR count). The van der Waals surface area contributed by atoms with Crippen LogP contribution in [0.2, 0.25) is 0 Å². The molecule has 0 aromatic carbocycles. The van der Waals surface area contributed by atoms with Crippen molar-refractivity contribution in [3.63, 3.8) is 0 Å². The van der Waals surface area contributed by atoms with Crippen LogP contribution in [-0.2, 0) is 4.74 Å². The van der Waals surface area contributed by atoms with Gasteiger partial charge in [0.05, 0.1) is 18.2 Å². The van der Waals surface area contributed by atoms with Gasteiger partial charge in [-0.3, -0.25) is 0 Å². The molecule has 2 heterocycles. The fraction of sp³-hybridized carbons (Fsp3) is 0.727. The van der Waals surface area contributed by atoms with E-state index in [4.69, 9.17) is 4.74 Å². The van der Waals surface area contributed by atoms with E-state index in [1.807, 2.05) is 13.1 Å². The molecule has 1 fully saturated rings. The average molecular weight is 226 g/mol. The highest BCUT2D eigenvalue weighted by Gasteiger charge is 2.33. The molecule has 1 aliphatic heterocycles. The van der Waals surface area contributed by atoms with Crippen LogP contribution in [0.1, 0.15) is 29.8 Å². The first kappa shape index (κ1) is 11.0. The van der Waals surface area contributed by atoms with E-state index in [0.29, 0.717) is 11.5 Å². The van der Waals surface area contributed by atoms with Crippen LogP contribution in [0, 0.1) is 12.3 Å². The summed E-state index contributed by atoms with van der Waals surface area (Å²) in [5, 5.41) is 4.68. The van der Waals surface area contributed by atoms with Gasteiger partial charge in [-0.05, 0) is 13.8 Å². The van der Waals surface area contributed by atoms with Crippen molar-refractivity contribution in [1.82, 2.24) is 10.3 Å². The number of aromatic nitrogens is 1. The second kappa shape index (κ2) is 4.20. The van der Waals surface area contributed by atoms with Gasteiger partial charge in [0.1, 0.15) is 0 Å². The lowest BCUT2D eigenvalue weighted by Gasteiger charge is -2.38.